The number of pyridine rings is 1. The van der Waals surface area contributed by atoms with E-state index in [-0.39, 0.29) is 28.5 Å². The van der Waals surface area contributed by atoms with Crippen molar-refractivity contribution in [3.63, 3.8) is 0 Å². The fraction of sp³-hybridized carbons (Fsp3) is 0.0556. The second-order valence-electron chi connectivity index (χ2n) is 5.69. The zero-order chi connectivity index (χ0) is 18.3. The number of hydrogen-bond donors (Lipinski definition) is 2. The Morgan fingerprint density at radius 1 is 1.19 bits per heavy atom. The van der Waals surface area contributed by atoms with Crippen molar-refractivity contribution < 1.29 is 9.50 Å². The molecule has 1 aromatic carbocycles. The number of H-pyrrole nitrogens is 1. The van der Waals surface area contributed by atoms with Crippen molar-refractivity contribution in [2.24, 2.45) is 0 Å². The molecule has 130 valence electrons. The van der Waals surface area contributed by atoms with Gasteiger partial charge in [0.2, 0.25) is 5.88 Å². The van der Waals surface area contributed by atoms with Gasteiger partial charge in [0.15, 0.2) is 0 Å². The summed E-state index contributed by atoms with van der Waals surface area (Å²) in [5, 5.41) is 14.9. The lowest BCUT2D eigenvalue weighted by Gasteiger charge is -2.09. The summed E-state index contributed by atoms with van der Waals surface area (Å²) in [5.74, 6) is -0.905. The van der Waals surface area contributed by atoms with Gasteiger partial charge >= 0.3 is 0 Å². The number of fused-ring (bicyclic) bond motifs is 1. The maximum absolute atomic E-state index is 14.0. The van der Waals surface area contributed by atoms with Crippen molar-refractivity contribution in [2.45, 2.75) is 6.42 Å². The number of aromatic amines is 1. The van der Waals surface area contributed by atoms with Crippen molar-refractivity contribution in [3.05, 3.63) is 81.2 Å². The highest BCUT2D eigenvalue weighted by molar-refractivity contribution is 6.31. The topological polar surface area (TPSA) is 83.3 Å². The normalized spacial score (nSPS) is 11.2. The highest BCUT2D eigenvalue weighted by atomic mass is 35.5. The van der Waals surface area contributed by atoms with Gasteiger partial charge in [-0.1, -0.05) is 17.7 Å². The van der Waals surface area contributed by atoms with Gasteiger partial charge in [-0.25, -0.2) is 4.39 Å². The molecule has 4 rings (SSSR count). The monoisotopic (exact) mass is 370 g/mol. The van der Waals surface area contributed by atoms with E-state index in [1.807, 2.05) is 0 Å². The molecule has 2 N–H and O–H groups in total. The van der Waals surface area contributed by atoms with Gasteiger partial charge in [-0.05, 0) is 29.8 Å². The van der Waals surface area contributed by atoms with E-state index in [1.54, 1.807) is 24.5 Å². The maximum atomic E-state index is 14.0. The Labute approximate surface area is 151 Å². The van der Waals surface area contributed by atoms with Crippen LogP contribution in [0, 0.1) is 5.82 Å². The molecule has 0 radical (unpaired) electrons. The first-order chi connectivity index (χ1) is 12.6. The summed E-state index contributed by atoms with van der Waals surface area (Å²) in [7, 11) is 0. The molecule has 0 atom stereocenters. The largest absolute Gasteiger partial charge is 0.493 e. The lowest BCUT2D eigenvalue weighted by atomic mass is 10.1. The van der Waals surface area contributed by atoms with Crippen LogP contribution in [-0.2, 0) is 6.42 Å². The van der Waals surface area contributed by atoms with Crippen molar-refractivity contribution in [2.75, 3.05) is 0 Å². The fourth-order valence-electron chi connectivity index (χ4n) is 2.82. The highest BCUT2D eigenvalue weighted by Crippen LogP contribution is 2.28. The molecule has 4 aromatic rings. The van der Waals surface area contributed by atoms with E-state index >= 15 is 0 Å². The van der Waals surface area contributed by atoms with Crippen molar-refractivity contribution in [3.8, 4) is 17.0 Å². The molecule has 0 aliphatic heterocycles. The third kappa shape index (κ3) is 2.62. The van der Waals surface area contributed by atoms with Crippen molar-refractivity contribution >= 4 is 17.2 Å². The SMILES string of the molecule is O=c1[nH]c2c(-c3ccncc3)cnn2c(O)c1Cc1c(F)cccc1Cl. The van der Waals surface area contributed by atoms with Gasteiger partial charge in [-0.15, -0.1) is 0 Å². The molecule has 0 aliphatic carbocycles. The number of halogens is 2. The maximum Gasteiger partial charge on any atom is 0.258 e. The predicted octanol–water partition coefficient (Wildman–Crippen LogP) is 3.17. The zero-order valence-corrected chi connectivity index (χ0v) is 14.0. The Kier molecular flexibility index (Phi) is 3.93. The van der Waals surface area contributed by atoms with Gasteiger partial charge in [-0.3, -0.25) is 9.78 Å². The highest BCUT2D eigenvalue weighted by Gasteiger charge is 2.19. The molecule has 26 heavy (non-hydrogen) atoms. The molecule has 0 spiro atoms. The third-order valence-corrected chi connectivity index (χ3v) is 4.51. The number of aromatic nitrogens is 4. The molecule has 0 saturated heterocycles. The minimum absolute atomic E-state index is 0.0196. The lowest BCUT2D eigenvalue weighted by Crippen LogP contribution is -2.17. The predicted molar refractivity (Wildman–Crippen MR) is 94.9 cm³/mol. The van der Waals surface area contributed by atoms with E-state index in [2.05, 4.69) is 15.1 Å². The molecule has 3 heterocycles. The fourth-order valence-corrected chi connectivity index (χ4v) is 3.05. The first kappa shape index (κ1) is 16.3. The summed E-state index contributed by atoms with van der Waals surface area (Å²) >= 11 is 6.02. The van der Waals surface area contributed by atoms with Gasteiger partial charge in [0.1, 0.15) is 11.5 Å². The average molecular weight is 371 g/mol. The van der Waals surface area contributed by atoms with Crippen LogP contribution >= 0.6 is 11.6 Å². The van der Waals surface area contributed by atoms with Crippen LogP contribution in [0.3, 0.4) is 0 Å². The Bertz CT molecular complexity index is 1150. The van der Waals surface area contributed by atoms with Crippen LogP contribution in [0.5, 0.6) is 5.88 Å². The summed E-state index contributed by atoms with van der Waals surface area (Å²) in [6, 6.07) is 7.78. The number of hydrogen-bond acceptors (Lipinski definition) is 4. The van der Waals surface area contributed by atoms with Gasteiger partial charge in [0.25, 0.3) is 5.56 Å². The van der Waals surface area contributed by atoms with E-state index in [1.165, 1.54) is 28.9 Å². The van der Waals surface area contributed by atoms with Crippen molar-refractivity contribution in [1.29, 1.82) is 0 Å². The molecule has 0 aliphatic rings. The Morgan fingerprint density at radius 3 is 2.69 bits per heavy atom. The third-order valence-electron chi connectivity index (χ3n) is 4.15. The van der Waals surface area contributed by atoms with Crippen LogP contribution in [0.15, 0.2) is 53.7 Å². The number of nitrogens with one attached hydrogen (secondary N) is 1. The van der Waals surface area contributed by atoms with E-state index in [9.17, 15) is 14.3 Å². The van der Waals surface area contributed by atoms with E-state index < -0.39 is 11.4 Å². The van der Waals surface area contributed by atoms with Gasteiger partial charge in [-0.2, -0.15) is 9.61 Å². The molecule has 0 fully saturated rings. The molecule has 6 nitrogen and oxygen atoms in total. The molecular formula is C18H12ClFN4O2. The number of nitrogens with zero attached hydrogens (tertiary/aromatic N) is 3. The van der Waals surface area contributed by atoms with Crippen LogP contribution in [0.2, 0.25) is 5.02 Å². The first-order valence-electron chi connectivity index (χ1n) is 7.71. The minimum Gasteiger partial charge on any atom is -0.493 e. The summed E-state index contributed by atoms with van der Waals surface area (Å²) in [4.78, 5) is 19.2. The second-order valence-corrected chi connectivity index (χ2v) is 6.10. The minimum atomic E-state index is -0.547. The number of aromatic hydroxyl groups is 1. The van der Waals surface area contributed by atoms with Gasteiger partial charge < -0.3 is 10.1 Å². The lowest BCUT2D eigenvalue weighted by molar-refractivity contribution is 0.427. The zero-order valence-electron chi connectivity index (χ0n) is 13.3. The van der Waals surface area contributed by atoms with Crippen LogP contribution in [0.4, 0.5) is 4.39 Å². The van der Waals surface area contributed by atoms with E-state index in [0.717, 1.165) is 5.56 Å². The molecule has 8 heteroatoms. The summed E-state index contributed by atoms with van der Waals surface area (Å²) in [6.45, 7) is 0. The standard InChI is InChI=1S/C18H12ClFN4O2/c19-14-2-1-3-15(20)11(14)8-12-17(25)23-16-13(9-22-24(16)18(12)26)10-4-6-21-7-5-10/h1-7,9,26H,8H2,(H,23,25). The second kappa shape index (κ2) is 6.27. The molecule has 0 amide bonds. The molecule has 0 bridgehead atoms. The van der Waals surface area contributed by atoms with Gasteiger partial charge in [0.05, 0.1) is 11.8 Å². The van der Waals surface area contributed by atoms with Crippen LogP contribution in [0.1, 0.15) is 11.1 Å². The molecule has 3 aromatic heterocycles. The Morgan fingerprint density at radius 2 is 1.96 bits per heavy atom. The summed E-state index contributed by atoms with van der Waals surface area (Å²) < 4.78 is 15.2. The van der Waals surface area contributed by atoms with E-state index in [0.29, 0.717) is 11.2 Å². The van der Waals surface area contributed by atoms with Gasteiger partial charge in [0, 0.05) is 35.0 Å². The molecule has 0 unspecified atom stereocenters. The molecule has 0 saturated carbocycles. The number of rotatable bonds is 3. The Hall–Kier alpha value is -3.19. The number of benzene rings is 1. The van der Waals surface area contributed by atoms with E-state index in [4.69, 9.17) is 11.6 Å². The summed E-state index contributed by atoms with van der Waals surface area (Å²) in [6.07, 6.45) is 4.60. The first-order valence-corrected chi connectivity index (χ1v) is 8.09. The van der Waals surface area contributed by atoms with Crippen molar-refractivity contribution in [1.82, 2.24) is 19.6 Å². The Balaban J connectivity index is 1.87. The quantitative estimate of drug-likeness (QED) is 0.580. The smallest absolute Gasteiger partial charge is 0.258 e. The average Bonchev–Trinajstić information content (AvgIpc) is 3.05. The molecular weight excluding hydrogens is 359 g/mol. The summed E-state index contributed by atoms with van der Waals surface area (Å²) in [5.41, 5.74) is 1.34. The van der Waals surface area contributed by atoms with Crippen LogP contribution < -0.4 is 5.56 Å². The van der Waals surface area contributed by atoms with Crippen LogP contribution in [-0.4, -0.2) is 24.7 Å². The van der Waals surface area contributed by atoms with Crippen LogP contribution in [0.25, 0.3) is 16.8 Å².